The summed E-state index contributed by atoms with van der Waals surface area (Å²) < 4.78 is 0. The van der Waals surface area contributed by atoms with E-state index < -0.39 is 5.91 Å². The zero-order chi connectivity index (χ0) is 18.8. The molecule has 2 saturated heterocycles. The fourth-order valence-electron chi connectivity index (χ4n) is 4.13. The molecule has 0 aliphatic carbocycles. The standard InChI is InChI=1S/C20H24N4O2S/c21-18(25)14-3-4-16(17(13-14)19-22-7-12-27-19)20(26)24-10-5-15(6-11-24)23-8-1-2-9-23/h3-4,7,12-13,15H,1-2,5-6,8-11H2,(H2,21,25). The molecule has 2 N–H and O–H groups in total. The van der Waals surface area contributed by atoms with Crippen LogP contribution in [0.15, 0.2) is 29.8 Å². The van der Waals surface area contributed by atoms with Crippen molar-refractivity contribution in [2.45, 2.75) is 31.7 Å². The summed E-state index contributed by atoms with van der Waals surface area (Å²) >= 11 is 1.45. The largest absolute Gasteiger partial charge is 0.366 e. The van der Waals surface area contributed by atoms with E-state index in [1.165, 1.54) is 37.3 Å². The quantitative estimate of drug-likeness (QED) is 0.879. The van der Waals surface area contributed by atoms with Crippen LogP contribution in [-0.4, -0.2) is 58.8 Å². The molecule has 2 aliphatic heterocycles. The number of nitrogens with zero attached hydrogens (tertiary/aromatic N) is 3. The zero-order valence-electron chi connectivity index (χ0n) is 15.3. The lowest BCUT2D eigenvalue weighted by atomic mass is 9.99. The lowest BCUT2D eigenvalue weighted by molar-refractivity contribution is 0.0645. The van der Waals surface area contributed by atoms with Crippen molar-refractivity contribution in [1.29, 1.82) is 0 Å². The number of nitrogens with two attached hydrogens (primary N) is 1. The zero-order valence-corrected chi connectivity index (χ0v) is 16.1. The van der Waals surface area contributed by atoms with Crippen LogP contribution in [0.2, 0.25) is 0 Å². The minimum atomic E-state index is -0.502. The molecule has 142 valence electrons. The summed E-state index contributed by atoms with van der Waals surface area (Å²) in [6.45, 7) is 3.94. The Kier molecular flexibility index (Phi) is 5.22. The Labute approximate surface area is 163 Å². The molecule has 0 bridgehead atoms. The van der Waals surface area contributed by atoms with Gasteiger partial charge in [0, 0.05) is 47.4 Å². The molecule has 1 aromatic heterocycles. The molecule has 2 aromatic rings. The number of carbonyl (C=O) groups is 2. The number of aromatic nitrogens is 1. The third-order valence-corrected chi connectivity index (χ3v) is 6.41. The monoisotopic (exact) mass is 384 g/mol. The average Bonchev–Trinajstić information content (AvgIpc) is 3.41. The Morgan fingerprint density at radius 1 is 1.11 bits per heavy atom. The highest BCUT2D eigenvalue weighted by atomic mass is 32.1. The van der Waals surface area contributed by atoms with Gasteiger partial charge in [0.25, 0.3) is 5.91 Å². The summed E-state index contributed by atoms with van der Waals surface area (Å²) in [4.78, 5) is 33.6. The van der Waals surface area contributed by atoms with E-state index in [2.05, 4.69) is 9.88 Å². The van der Waals surface area contributed by atoms with Gasteiger partial charge < -0.3 is 15.5 Å². The summed E-state index contributed by atoms with van der Waals surface area (Å²) in [5.41, 5.74) is 7.10. The van der Waals surface area contributed by atoms with Crippen molar-refractivity contribution in [3.63, 3.8) is 0 Å². The predicted molar refractivity (Wildman–Crippen MR) is 106 cm³/mol. The van der Waals surface area contributed by atoms with E-state index >= 15 is 0 Å². The van der Waals surface area contributed by atoms with Crippen molar-refractivity contribution in [1.82, 2.24) is 14.8 Å². The Morgan fingerprint density at radius 3 is 2.48 bits per heavy atom. The first kappa shape index (κ1) is 18.1. The Balaban J connectivity index is 1.54. The van der Waals surface area contributed by atoms with E-state index in [9.17, 15) is 9.59 Å². The molecule has 0 unspecified atom stereocenters. The summed E-state index contributed by atoms with van der Waals surface area (Å²) in [7, 11) is 0. The second-order valence-corrected chi connectivity index (χ2v) is 8.12. The Morgan fingerprint density at radius 2 is 1.85 bits per heavy atom. The molecule has 27 heavy (non-hydrogen) atoms. The van der Waals surface area contributed by atoms with Gasteiger partial charge in [-0.3, -0.25) is 9.59 Å². The second kappa shape index (κ2) is 7.78. The van der Waals surface area contributed by atoms with Gasteiger partial charge in [-0.25, -0.2) is 4.98 Å². The molecule has 6 nitrogen and oxygen atoms in total. The van der Waals surface area contributed by atoms with Crippen LogP contribution in [0.1, 0.15) is 46.4 Å². The normalized spacial score (nSPS) is 18.7. The van der Waals surface area contributed by atoms with Crippen molar-refractivity contribution in [2.24, 2.45) is 5.73 Å². The van der Waals surface area contributed by atoms with Gasteiger partial charge in [0.2, 0.25) is 5.91 Å². The van der Waals surface area contributed by atoms with E-state index in [0.717, 1.165) is 30.9 Å². The third-order valence-electron chi connectivity index (χ3n) is 5.61. The number of likely N-dealkylation sites (tertiary alicyclic amines) is 2. The van der Waals surface area contributed by atoms with Crippen LogP contribution in [0.25, 0.3) is 10.6 Å². The van der Waals surface area contributed by atoms with Gasteiger partial charge in [0.05, 0.1) is 0 Å². The van der Waals surface area contributed by atoms with Crippen LogP contribution in [-0.2, 0) is 0 Å². The highest BCUT2D eigenvalue weighted by molar-refractivity contribution is 7.13. The summed E-state index contributed by atoms with van der Waals surface area (Å²) in [6, 6.07) is 5.63. The van der Waals surface area contributed by atoms with E-state index in [4.69, 9.17) is 5.73 Å². The number of primary amides is 1. The number of benzene rings is 1. The number of amides is 2. The molecule has 3 heterocycles. The van der Waals surface area contributed by atoms with Crippen LogP contribution in [0, 0.1) is 0 Å². The van der Waals surface area contributed by atoms with Gasteiger partial charge in [-0.05, 0) is 57.0 Å². The lowest BCUT2D eigenvalue weighted by Crippen LogP contribution is -2.46. The van der Waals surface area contributed by atoms with E-state index in [-0.39, 0.29) is 5.91 Å². The number of rotatable bonds is 4. The van der Waals surface area contributed by atoms with Crippen molar-refractivity contribution < 1.29 is 9.59 Å². The first-order valence-corrected chi connectivity index (χ1v) is 10.4. The van der Waals surface area contributed by atoms with Crippen molar-refractivity contribution in [3.05, 3.63) is 40.9 Å². The number of thiazole rings is 1. The first-order valence-electron chi connectivity index (χ1n) is 9.50. The number of piperidine rings is 1. The van der Waals surface area contributed by atoms with Crippen LogP contribution in [0.3, 0.4) is 0 Å². The van der Waals surface area contributed by atoms with Crippen LogP contribution >= 0.6 is 11.3 Å². The van der Waals surface area contributed by atoms with Crippen LogP contribution in [0.5, 0.6) is 0 Å². The minimum Gasteiger partial charge on any atom is -0.366 e. The minimum absolute atomic E-state index is 0.0103. The van der Waals surface area contributed by atoms with Gasteiger partial charge >= 0.3 is 0 Å². The lowest BCUT2D eigenvalue weighted by Gasteiger charge is -2.36. The average molecular weight is 385 g/mol. The molecule has 0 atom stereocenters. The SMILES string of the molecule is NC(=O)c1ccc(C(=O)N2CCC(N3CCCC3)CC2)c(-c2nccs2)c1. The second-order valence-electron chi connectivity index (χ2n) is 7.23. The number of hydrogen-bond acceptors (Lipinski definition) is 5. The van der Waals surface area contributed by atoms with Crippen molar-refractivity contribution in [3.8, 4) is 10.6 Å². The predicted octanol–water partition coefficient (Wildman–Crippen LogP) is 2.61. The van der Waals surface area contributed by atoms with Crippen molar-refractivity contribution in [2.75, 3.05) is 26.2 Å². The molecule has 0 radical (unpaired) electrons. The number of carbonyl (C=O) groups excluding carboxylic acids is 2. The van der Waals surface area contributed by atoms with Gasteiger partial charge in [-0.2, -0.15) is 0 Å². The smallest absolute Gasteiger partial charge is 0.254 e. The molecule has 0 spiro atoms. The Hall–Kier alpha value is -2.25. The molecular weight excluding hydrogens is 360 g/mol. The molecule has 2 amide bonds. The molecule has 1 aromatic carbocycles. The maximum atomic E-state index is 13.2. The number of hydrogen-bond donors (Lipinski definition) is 1. The van der Waals surface area contributed by atoms with E-state index in [0.29, 0.717) is 22.7 Å². The van der Waals surface area contributed by atoms with Crippen molar-refractivity contribution >= 4 is 23.2 Å². The molecule has 7 heteroatoms. The fraction of sp³-hybridized carbons (Fsp3) is 0.450. The third kappa shape index (κ3) is 3.75. The van der Waals surface area contributed by atoms with Gasteiger partial charge in [-0.15, -0.1) is 11.3 Å². The van der Waals surface area contributed by atoms with Gasteiger partial charge in [0.15, 0.2) is 0 Å². The topological polar surface area (TPSA) is 79.5 Å². The Bertz CT molecular complexity index is 823. The molecule has 2 aliphatic rings. The van der Waals surface area contributed by atoms with Gasteiger partial charge in [-0.1, -0.05) is 0 Å². The summed E-state index contributed by atoms with van der Waals surface area (Å²) in [5, 5.41) is 2.59. The molecular formula is C20H24N4O2S. The first-order chi connectivity index (χ1) is 13.1. The van der Waals surface area contributed by atoms with Crippen LogP contribution in [0.4, 0.5) is 0 Å². The highest BCUT2D eigenvalue weighted by Gasteiger charge is 2.29. The maximum Gasteiger partial charge on any atom is 0.254 e. The van der Waals surface area contributed by atoms with Crippen LogP contribution < -0.4 is 5.73 Å². The summed E-state index contributed by atoms with van der Waals surface area (Å²) in [6.07, 6.45) is 6.34. The fourth-order valence-corrected chi connectivity index (χ4v) is 4.80. The van der Waals surface area contributed by atoms with Gasteiger partial charge in [0.1, 0.15) is 5.01 Å². The maximum absolute atomic E-state index is 13.2. The molecule has 2 fully saturated rings. The van der Waals surface area contributed by atoms with E-state index in [1.807, 2.05) is 10.3 Å². The highest BCUT2D eigenvalue weighted by Crippen LogP contribution is 2.29. The molecule has 0 saturated carbocycles. The van der Waals surface area contributed by atoms with E-state index in [1.54, 1.807) is 24.4 Å². The molecule has 4 rings (SSSR count). The summed E-state index contributed by atoms with van der Waals surface area (Å²) in [5.74, 6) is -0.491.